The molecule has 8 heteroatoms. The number of hydrogen-bond acceptors (Lipinski definition) is 6. The van der Waals surface area contributed by atoms with Crippen LogP contribution in [0.5, 0.6) is 0 Å². The number of nitrogens with one attached hydrogen (secondary N) is 1. The molecule has 0 bridgehead atoms. The quantitative estimate of drug-likeness (QED) is 0.702. The summed E-state index contributed by atoms with van der Waals surface area (Å²) in [7, 11) is 1.50. The van der Waals surface area contributed by atoms with Crippen LogP contribution in [0.4, 0.5) is 5.82 Å². The lowest BCUT2D eigenvalue weighted by Crippen LogP contribution is -2.44. The maximum Gasteiger partial charge on any atom is 0.330 e. The van der Waals surface area contributed by atoms with Gasteiger partial charge in [-0.3, -0.25) is 24.0 Å². The zero-order valence-electron chi connectivity index (χ0n) is 14.5. The Balaban J connectivity index is 2.25. The predicted octanol–water partition coefficient (Wildman–Crippen LogP) is -0.0742. The number of nitrogens with zero attached hydrogens (tertiary/aromatic N) is 2. The molecule has 1 aromatic rings. The van der Waals surface area contributed by atoms with E-state index in [2.05, 4.69) is 18.8 Å². The Morgan fingerprint density at radius 2 is 1.92 bits per heavy atom. The van der Waals surface area contributed by atoms with Crippen LogP contribution in [0.25, 0.3) is 0 Å². The number of nitrogens with two attached hydrogens (primary N) is 1. The van der Waals surface area contributed by atoms with Crippen molar-refractivity contribution in [1.82, 2.24) is 14.5 Å². The Hall–Kier alpha value is -1.93. The maximum atomic E-state index is 12.6. The van der Waals surface area contributed by atoms with E-state index in [0.29, 0.717) is 11.8 Å². The number of likely N-dealkylation sites (tertiary alicyclic amines) is 1. The Kier molecular flexibility index (Phi) is 5.95. The van der Waals surface area contributed by atoms with Crippen molar-refractivity contribution in [3.05, 3.63) is 26.4 Å². The third-order valence-corrected chi connectivity index (χ3v) is 4.35. The molecule has 1 aromatic heterocycles. The highest BCUT2D eigenvalue weighted by Crippen LogP contribution is 2.21. The molecule has 1 aliphatic heterocycles. The molecule has 8 nitrogen and oxygen atoms in total. The van der Waals surface area contributed by atoms with Gasteiger partial charge in [0.2, 0.25) is 0 Å². The first-order chi connectivity index (χ1) is 11.3. The normalized spacial score (nSPS) is 21.8. The lowest BCUT2D eigenvalue weighted by atomic mass is 9.91. The number of ether oxygens (including phenoxy) is 1. The van der Waals surface area contributed by atoms with Gasteiger partial charge in [0.25, 0.3) is 5.56 Å². The molecule has 2 atom stereocenters. The number of rotatable bonds is 6. The van der Waals surface area contributed by atoms with Crippen molar-refractivity contribution in [3.8, 4) is 0 Å². The number of piperidine rings is 1. The molecular formula is C16H26N4O4. The zero-order chi connectivity index (χ0) is 17.9. The van der Waals surface area contributed by atoms with Gasteiger partial charge >= 0.3 is 5.69 Å². The monoisotopic (exact) mass is 338 g/mol. The summed E-state index contributed by atoms with van der Waals surface area (Å²) >= 11 is 0. The number of nitrogen functional groups attached to an aromatic ring is 1. The summed E-state index contributed by atoms with van der Waals surface area (Å²) in [5.41, 5.74) is 4.43. The summed E-state index contributed by atoms with van der Waals surface area (Å²) in [5, 5.41) is 0. The summed E-state index contributed by atoms with van der Waals surface area (Å²) in [5.74, 6) is 0.561. The van der Waals surface area contributed by atoms with E-state index in [1.54, 1.807) is 0 Å². The first-order valence-electron chi connectivity index (χ1n) is 8.20. The van der Waals surface area contributed by atoms with Crippen LogP contribution in [-0.4, -0.2) is 53.6 Å². The lowest BCUT2D eigenvalue weighted by molar-refractivity contribution is 0.0848. The summed E-state index contributed by atoms with van der Waals surface area (Å²) in [4.78, 5) is 40.8. The van der Waals surface area contributed by atoms with E-state index >= 15 is 0 Å². The van der Waals surface area contributed by atoms with Gasteiger partial charge in [0.15, 0.2) is 5.78 Å². The third-order valence-electron chi connectivity index (χ3n) is 4.35. The minimum Gasteiger partial charge on any atom is -0.384 e. The highest BCUT2D eigenvalue weighted by Gasteiger charge is 2.26. The number of Topliss-reactive ketones (excluding diaryl/α,β-unsaturated/α-hetero) is 1. The van der Waals surface area contributed by atoms with Gasteiger partial charge in [0, 0.05) is 20.2 Å². The van der Waals surface area contributed by atoms with E-state index in [4.69, 9.17) is 10.5 Å². The number of carbonyl (C=O) groups is 1. The number of H-pyrrole nitrogens is 1. The van der Waals surface area contributed by atoms with E-state index in [1.165, 1.54) is 11.7 Å². The standard InChI is InChI=1S/C16H26N4O4/c1-10-6-11(2)8-19(7-10)9-12(21)13-14(17)20(4-5-24-3)16(23)18-15(13)22/h10-11H,4-9,17H2,1-3H3,(H,18,22,23)/t10-,11+. The van der Waals surface area contributed by atoms with Crippen LogP contribution in [0.15, 0.2) is 9.59 Å². The molecule has 0 unspecified atom stereocenters. The highest BCUT2D eigenvalue weighted by molar-refractivity contribution is 6.01. The Morgan fingerprint density at radius 3 is 2.50 bits per heavy atom. The second kappa shape index (κ2) is 7.76. The number of aromatic nitrogens is 2. The van der Waals surface area contributed by atoms with Gasteiger partial charge in [-0.1, -0.05) is 13.8 Å². The number of hydrogen-bond donors (Lipinski definition) is 2. The first kappa shape index (κ1) is 18.4. The van der Waals surface area contributed by atoms with Crippen molar-refractivity contribution in [3.63, 3.8) is 0 Å². The molecule has 0 amide bonds. The average Bonchev–Trinajstić information content (AvgIpc) is 2.45. The number of methoxy groups -OCH3 is 1. The fourth-order valence-electron chi connectivity index (χ4n) is 3.47. The van der Waals surface area contributed by atoms with Crippen LogP contribution in [0.2, 0.25) is 0 Å². The van der Waals surface area contributed by atoms with Gasteiger partial charge in [-0.05, 0) is 18.3 Å². The van der Waals surface area contributed by atoms with E-state index < -0.39 is 11.2 Å². The topological polar surface area (TPSA) is 110 Å². The summed E-state index contributed by atoms with van der Waals surface area (Å²) in [6.07, 6.45) is 1.13. The Bertz CT molecular complexity index is 699. The van der Waals surface area contributed by atoms with E-state index in [1.807, 2.05) is 4.90 Å². The van der Waals surface area contributed by atoms with Crippen LogP contribution in [-0.2, 0) is 11.3 Å². The molecule has 0 aromatic carbocycles. The van der Waals surface area contributed by atoms with E-state index in [0.717, 1.165) is 19.5 Å². The summed E-state index contributed by atoms with van der Waals surface area (Å²) in [6, 6.07) is 0. The van der Waals surface area contributed by atoms with E-state index in [9.17, 15) is 14.4 Å². The lowest BCUT2D eigenvalue weighted by Gasteiger charge is -2.34. The molecule has 0 aliphatic carbocycles. The largest absolute Gasteiger partial charge is 0.384 e. The van der Waals surface area contributed by atoms with Crippen molar-refractivity contribution in [2.75, 3.05) is 39.1 Å². The molecule has 1 fully saturated rings. The van der Waals surface area contributed by atoms with Crippen LogP contribution in [0, 0.1) is 11.8 Å². The molecule has 1 saturated heterocycles. The van der Waals surface area contributed by atoms with Crippen molar-refractivity contribution in [2.24, 2.45) is 11.8 Å². The molecule has 24 heavy (non-hydrogen) atoms. The number of anilines is 1. The van der Waals surface area contributed by atoms with Gasteiger partial charge in [0.1, 0.15) is 11.4 Å². The minimum atomic E-state index is -0.728. The molecule has 0 saturated carbocycles. The van der Waals surface area contributed by atoms with Crippen molar-refractivity contribution in [2.45, 2.75) is 26.8 Å². The SMILES string of the molecule is COCCn1c(N)c(C(=O)CN2C[C@H](C)C[C@H](C)C2)c(=O)[nH]c1=O. The Morgan fingerprint density at radius 1 is 1.29 bits per heavy atom. The molecule has 1 aliphatic rings. The first-order valence-corrected chi connectivity index (χ1v) is 8.20. The third kappa shape index (κ3) is 4.12. The minimum absolute atomic E-state index is 0.0936. The fourth-order valence-corrected chi connectivity index (χ4v) is 3.47. The second-order valence-corrected chi connectivity index (χ2v) is 6.73. The van der Waals surface area contributed by atoms with Crippen LogP contribution < -0.4 is 17.0 Å². The Labute approximate surface area is 140 Å². The van der Waals surface area contributed by atoms with Gasteiger partial charge in [-0.2, -0.15) is 0 Å². The molecule has 2 heterocycles. The molecule has 3 N–H and O–H groups in total. The molecule has 2 rings (SSSR count). The highest BCUT2D eigenvalue weighted by atomic mass is 16.5. The molecule has 0 radical (unpaired) electrons. The van der Waals surface area contributed by atoms with Gasteiger partial charge in [-0.25, -0.2) is 4.79 Å². The maximum absolute atomic E-state index is 12.6. The average molecular weight is 338 g/mol. The van der Waals surface area contributed by atoms with Gasteiger partial charge in [0.05, 0.1) is 19.7 Å². The van der Waals surface area contributed by atoms with Gasteiger partial charge in [-0.15, -0.1) is 0 Å². The van der Waals surface area contributed by atoms with Crippen molar-refractivity contribution < 1.29 is 9.53 Å². The molecule has 0 spiro atoms. The number of ketones is 1. The zero-order valence-corrected chi connectivity index (χ0v) is 14.5. The molecular weight excluding hydrogens is 312 g/mol. The second-order valence-electron chi connectivity index (χ2n) is 6.73. The van der Waals surface area contributed by atoms with Crippen molar-refractivity contribution >= 4 is 11.6 Å². The summed E-state index contributed by atoms with van der Waals surface area (Å²) < 4.78 is 6.10. The van der Waals surface area contributed by atoms with Crippen LogP contribution >= 0.6 is 0 Å². The predicted molar refractivity (Wildman–Crippen MR) is 91.3 cm³/mol. The van der Waals surface area contributed by atoms with Gasteiger partial charge < -0.3 is 10.5 Å². The summed E-state index contributed by atoms with van der Waals surface area (Å²) in [6.45, 7) is 6.50. The van der Waals surface area contributed by atoms with Crippen LogP contribution in [0.3, 0.4) is 0 Å². The number of aromatic amines is 1. The van der Waals surface area contributed by atoms with Crippen molar-refractivity contribution in [1.29, 1.82) is 0 Å². The smallest absolute Gasteiger partial charge is 0.330 e. The fraction of sp³-hybridized carbons (Fsp3) is 0.688. The van der Waals surface area contributed by atoms with Crippen LogP contribution in [0.1, 0.15) is 30.6 Å². The number of carbonyl (C=O) groups excluding carboxylic acids is 1. The molecule has 134 valence electrons. The van der Waals surface area contributed by atoms with E-state index in [-0.39, 0.29) is 36.9 Å².